The smallest absolute Gasteiger partial charge is 0.270 e. The molecule has 6 heteroatoms. The summed E-state index contributed by atoms with van der Waals surface area (Å²) < 4.78 is 0. The van der Waals surface area contributed by atoms with E-state index >= 15 is 0 Å². The lowest BCUT2D eigenvalue weighted by atomic mass is 10.2. The molecule has 0 aliphatic rings. The van der Waals surface area contributed by atoms with Crippen LogP contribution >= 0.6 is 22.9 Å². The number of aliphatic hydroxyl groups is 1. The monoisotopic (exact) mass is 282 g/mol. The van der Waals surface area contributed by atoms with Gasteiger partial charge in [-0.2, -0.15) is 0 Å². The fraction of sp³-hybridized carbons (Fsp3) is 0.167. The van der Waals surface area contributed by atoms with Crippen molar-refractivity contribution in [3.8, 4) is 10.6 Å². The molecule has 1 amide bonds. The molecule has 0 saturated carbocycles. The van der Waals surface area contributed by atoms with E-state index in [9.17, 15) is 4.79 Å². The summed E-state index contributed by atoms with van der Waals surface area (Å²) in [6.45, 7) is 0.139. The Morgan fingerprint density at radius 3 is 3.06 bits per heavy atom. The minimum Gasteiger partial charge on any atom is -0.395 e. The summed E-state index contributed by atoms with van der Waals surface area (Å²) in [6.07, 6.45) is 0. The Bertz CT molecular complexity index is 557. The summed E-state index contributed by atoms with van der Waals surface area (Å²) in [6, 6.07) is 7.31. The van der Waals surface area contributed by atoms with Crippen molar-refractivity contribution in [2.45, 2.75) is 0 Å². The molecule has 18 heavy (non-hydrogen) atoms. The van der Waals surface area contributed by atoms with E-state index in [1.807, 2.05) is 12.1 Å². The van der Waals surface area contributed by atoms with Crippen LogP contribution in [0, 0.1) is 0 Å². The van der Waals surface area contributed by atoms with E-state index < -0.39 is 0 Å². The molecule has 2 N–H and O–H groups in total. The normalized spacial score (nSPS) is 10.3. The molecular formula is C12H11ClN2O2S. The summed E-state index contributed by atoms with van der Waals surface area (Å²) in [5, 5.41) is 14.2. The third-order valence-corrected chi connectivity index (χ3v) is 3.33. The second-order valence-corrected chi connectivity index (χ2v) is 4.82. The van der Waals surface area contributed by atoms with Gasteiger partial charge in [-0.1, -0.05) is 23.7 Å². The fourth-order valence-electron chi connectivity index (χ4n) is 1.39. The molecule has 0 unspecified atom stereocenters. The van der Waals surface area contributed by atoms with Crippen molar-refractivity contribution in [2.75, 3.05) is 13.2 Å². The number of nitrogens with zero attached hydrogens (tertiary/aromatic N) is 1. The fourth-order valence-corrected chi connectivity index (χ4v) is 2.38. The minimum absolute atomic E-state index is 0.0863. The van der Waals surface area contributed by atoms with Crippen LogP contribution in [0.25, 0.3) is 10.6 Å². The maximum absolute atomic E-state index is 11.6. The summed E-state index contributed by atoms with van der Waals surface area (Å²) in [7, 11) is 0. The largest absolute Gasteiger partial charge is 0.395 e. The molecule has 0 bridgehead atoms. The van der Waals surface area contributed by atoms with Crippen molar-refractivity contribution in [3.05, 3.63) is 40.4 Å². The van der Waals surface area contributed by atoms with Crippen LogP contribution in [0.4, 0.5) is 0 Å². The molecule has 0 saturated heterocycles. The molecule has 1 aromatic carbocycles. The van der Waals surface area contributed by atoms with Crippen LogP contribution in [0.3, 0.4) is 0 Å². The second-order valence-electron chi connectivity index (χ2n) is 3.53. The first kappa shape index (κ1) is 13.0. The molecule has 4 nitrogen and oxygen atoms in total. The van der Waals surface area contributed by atoms with Gasteiger partial charge >= 0.3 is 0 Å². The number of aliphatic hydroxyl groups excluding tert-OH is 1. The highest BCUT2D eigenvalue weighted by atomic mass is 35.5. The van der Waals surface area contributed by atoms with Crippen LogP contribution in [0.1, 0.15) is 10.5 Å². The summed E-state index contributed by atoms with van der Waals surface area (Å²) in [4.78, 5) is 15.9. The van der Waals surface area contributed by atoms with Crippen molar-refractivity contribution in [2.24, 2.45) is 0 Å². The van der Waals surface area contributed by atoms with E-state index in [1.54, 1.807) is 17.5 Å². The van der Waals surface area contributed by atoms with Crippen molar-refractivity contribution in [3.63, 3.8) is 0 Å². The van der Waals surface area contributed by atoms with Gasteiger partial charge < -0.3 is 10.4 Å². The highest BCUT2D eigenvalue weighted by Gasteiger charge is 2.11. The Kier molecular flexibility index (Phi) is 4.30. The van der Waals surface area contributed by atoms with Gasteiger partial charge in [0.25, 0.3) is 5.91 Å². The molecule has 1 heterocycles. The second kappa shape index (κ2) is 5.95. The number of hydrogen-bond donors (Lipinski definition) is 2. The highest BCUT2D eigenvalue weighted by molar-refractivity contribution is 7.13. The van der Waals surface area contributed by atoms with Crippen LogP contribution in [-0.4, -0.2) is 29.1 Å². The van der Waals surface area contributed by atoms with E-state index in [4.69, 9.17) is 16.7 Å². The van der Waals surface area contributed by atoms with E-state index in [1.165, 1.54) is 11.3 Å². The van der Waals surface area contributed by atoms with Crippen LogP contribution in [0.2, 0.25) is 5.02 Å². The zero-order valence-electron chi connectivity index (χ0n) is 9.39. The van der Waals surface area contributed by atoms with Crippen LogP contribution in [-0.2, 0) is 0 Å². The number of nitrogens with one attached hydrogen (secondary N) is 1. The van der Waals surface area contributed by atoms with Crippen LogP contribution in [0.5, 0.6) is 0 Å². The van der Waals surface area contributed by atoms with Crippen molar-refractivity contribution < 1.29 is 9.90 Å². The van der Waals surface area contributed by atoms with Gasteiger partial charge in [0.15, 0.2) is 0 Å². The van der Waals surface area contributed by atoms with Gasteiger partial charge in [-0.25, -0.2) is 4.98 Å². The average molecular weight is 283 g/mol. The molecule has 94 valence electrons. The van der Waals surface area contributed by atoms with Gasteiger partial charge in [-0.3, -0.25) is 4.79 Å². The van der Waals surface area contributed by atoms with Gasteiger partial charge in [-0.05, 0) is 12.1 Å². The Hall–Kier alpha value is -1.43. The van der Waals surface area contributed by atoms with Gasteiger partial charge in [0, 0.05) is 22.5 Å². The van der Waals surface area contributed by atoms with Gasteiger partial charge in [0.2, 0.25) is 0 Å². The van der Waals surface area contributed by atoms with Crippen LogP contribution < -0.4 is 5.32 Å². The van der Waals surface area contributed by atoms with E-state index in [-0.39, 0.29) is 19.1 Å². The molecule has 2 aromatic rings. The number of carbonyl (C=O) groups excluding carboxylic acids is 1. The Morgan fingerprint density at radius 1 is 1.50 bits per heavy atom. The molecule has 0 fully saturated rings. The maximum Gasteiger partial charge on any atom is 0.270 e. The molecule has 0 radical (unpaired) electrons. The van der Waals surface area contributed by atoms with E-state index in [2.05, 4.69) is 10.3 Å². The Labute approximate surface area is 113 Å². The van der Waals surface area contributed by atoms with E-state index in [0.717, 1.165) is 10.6 Å². The molecule has 0 aliphatic carbocycles. The van der Waals surface area contributed by atoms with Gasteiger partial charge in [0.05, 0.1) is 6.61 Å². The van der Waals surface area contributed by atoms with Crippen molar-refractivity contribution in [1.82, 2.24) is 10.3 Å². The number of rotatable bonds is 4. The number of hydrogen-bond acceptors (Lipinski definition) is 4. The lowest BCUT2D eigenvalue weighted by Gasteiger charge is -1.99. The summed E-state index contributed by atoms with van der Waals surface area (Å²) in [5.74, 6) is -0.284. The van der Waals surface area contributed by atoms with E-state index in [0.29, 0.717) is 10.7 Å². The average Bonchev–Trinajstić information content (AvgIpc) is 2.85. The van der Waals surface area contributed by atoms with Gasteiger partial charge in [-0.15, -0.1) is 11.3 Å². The van der Waals surface area contributed by atoms with Crippen molar-refractivity contribution in [1.29, 1.82) is 0 Å². The first-order valence-electron chi connectivity index (χ1n) is 5.31. The SMILES string of the molecule is O=C(NCCO)c1csc(-c2cccc(Cl)c2)n1. The summed E-state index contributed by atoms with van der Waals surface area (Å²) in [5.41, 5.74) is 1.23. The van der Waals surface area contributed by atoms with Gasteiger partial charge in [0.1, 0.15) is 10.7 Å². The van der Waals surface area contributed by atoms with Crippen molar-refractivity contribution >= 4 is 28.8 Å². The molecule has 1 aromatic heterocycles. The molecule has 2 rings (SSSR count). The molecular weight excluding hydrogens is 272 g/mol. The van der Waals surface area contributed by atoms with Crippen LogP contribution in [0.15, 0.2) is 29.6 Å². The predicted octanol–water partition coefficient (Wildman–Crippen LogP) is 2.19. The third-order valence-electron chi connectivity index (χ3n) is 2.21. The molecule has 0 aliphatic heterocycles. The lowest BCUT2D eigenvalue weighted by Crippen LogP contribution is -2.26. The topological polar surface area (TPSA) is 62.2 Å². The quantitative estimate of drug-likeness (QED) is 0.903. The zero-order chi connectivity index (χ0) is 13.0. The molecule has 0 atom stereocenters. The number of aromatic nitrogens is 1. The molecule has 0 spiro atoms. The first-order chi connectivity index (χ1) is 8.70. The maximum atomic E-state index is 11.6. The number of benzene rings is 1. The minimum atomic E-state index is -0.284. The highest BCUT2D eigenvalue weighted by Crippen LogP contribution is 2.25. The Balaban J connectivity index is 2.17. The number of amides is 1. The lowest BCUT2D eigenvalue weighted by molar-refractivity contribution is 0.0940. The standard InChI is InChI=1S/C12H11ClN2O2S/c13-9-3-1-2-8(6-9)12-15-10(7-18-12)11(17)14-4-5-16/h1-3,6-7,16H,4-5H2,(H,14,17). The zero-order valence-corrected chi connectivity index (χ0v) is 11.0. The number of carbonyl (C=O) groups is 1. The summed E-state index contributed by atoms with van der Waals surface area (Å²) >= 11 is 7.28. The Morgan fingerprint density at radius 2 is 2.33 bits per heavy atom. The third kappa shape index (κ3) is 3.07. The number of thiazole rings is 1. The number of halogens is 1. The predicted molar refractivity (Wildman–Crippen MR) is 72.0 cm³/mol. The first-order valence-corrected chi connectivity index (χ1v) is 6.57.